The minimum Gasteiger partial charge on any atom is -0.313 e. The Kier molecular flexibility index (Phi) is 5.37. The van der Waals surface area contributed by atoms with Crippen LogP contribution in [0.4, 0.5) is 0 Å². The van der Waals surface area contributed by atoms with Crippen molar-refractivity contribution in [2.45, 2.75) is 39.8 Å². The van der Waals surface area contributed by atoms with Crippen LogP contribution >= 0.6 is 11.6 Å². The number of hydrogen-bond donors (Lipinski definition) is 1. The molecule has 0 aliphatic heterocycles. The highest BCUT2D eigenvalue weighted by Gasteiger charge is 2.17. The number of nitrogens with zero attached hydrogens (tertiary/aromatic N) is 3. The fourth-order valence-electron chi connectivity index (χ4n) is 2.41. The topological polar surface area (TPSA) is 42.7 Å². The maximum Gasteiger partial charge on any atom is 0.138 e. The number of aryl methyl sites for hydroxylation is 1. The quantitative estimate of drug-likeness (QED) is 0.889. The zero-order valence-corrected chi connectivity index (χ0v) is 13.9. The van der Waals surface area contributed by atoms with Gasteiger partial charge in [-0.1, -0.05) is 37.6 Å². The lowest BCUT2D eigenvalue weighted by Crippen LogP contribution is -2.22. The molecule has 0 saturated heterocycles. The van der Waals surface area contributed by atoms with Gasteiger partial charge >= 0.3 is 0 Å². The van der Waals surface area contributed by atoms with Crippen molar-refractivity contribution in [3.8, 4) is 0 Å². The monoisotopic (exact) mass is 306 g/mol. The van der Waals surface area contributed by atoms with Crippen molar-refractivity contribution in [2.75, 3.05) is 7.05 Å². The second-order valence-corrected chi connectivity index (χ2v) is 6.23. The van der Waals surface area contributed by atoms with Crippen LogP contribution in [0.2, 0.25) is 5.02 Å². The van der Waals surface area contributed by atoms with E-state index in [1.807, 2.05) is 24.7 Å². The molecule has 0 spiro atoms. The summed E-state index contributed by atoms with van der Waals surface area (Å²) in [7, 11) is 1.95. The van der Waals surface area contributed by atoms with Crippen LogP contribution in [0.1, 0.15) is 36.8 Å². The van der Waals surface area contributed by atoms with Crippen LogP contribution < -0.4 is 5.32 Å². The number of aromatic nitrogens is 3. The molecule has 1 aromatic heterocycles. The van der Waals surface area contributed by atoms with Gasteiger partial charge in [-0.25, -0.2) is 9.67 Å². The molecule has 2 aromatic rings. The SMILES string of the molecule is CNC(Cc1ncnn1CC(C)C)c1ccc(C)cc1Cl. The highest BCUT2D eigenvalue weighted by molar-refractivity contribution is 6.31. The predicted molar refractivity (Wildman–Crippen MR) is 86.6 cm³/mol. The lowest BCUT2D eigenvalue weighted by Gasteiger charge is -2.19. The fourth-order valence-corrected chi connectivity index (χ4v) is 2.78. The number of likely N-dealkylation sites (N-methyl/N-ethyl adjacent to an activating group) is 1. The average molecular weight is 307 g/mol. The van der Waals surface area contributed by atoms with Gasteiger partial charge < -0.3 is 5.32 Å². The molecule has 0 radical (unpaired) electrons. The molecule has 1 atom stereocenters. The zero-order valence-electron chi connectivity index (χ0n) is 13.1. The van der Waals surface area contributed by atoms with Crippen molar-refractivity contribution >= 4 is 11.6 Å². The van der Waals surface area contributed by atoms with Crippen LogP contribution in [-0.2, 0) is 13.0 Å². The van der Waals surface area contributed by atoms with Crippen molar-refractivity contribution < 1.29 is 0 Å². The molecule has 0 amide bonds. The molecule has 5 heteroatoms. The molecule has 1 heterocycles. The molecule has 0 bridgehead atoms. The van der Waals surface area contributed by atoms with E-state index in [0.717, 1.165) is 29.4 Å². The maximum absolute atomic E-state index is 6.38. The summed E-state index contributed by atoms with van der Waals surface area (Å²) in [6, 6.07) is 6.31. The third kappa shape index (κ3) is 4.05. The Balaban J connectivity index is 2.21. The van der Waals surface area contributed by atoms with E-state index < -0.39 is 0 Å². The van der Waals surface area contributed by atoms with Gasteiger partial charge in [-0.2, -0.15) is 5.10 Å². The highest BCUT2D eigenvalue weighted by atomic mass is 35.5. The fraction of sp³-hybridized carbons (Fsp3) is 0.500. The first-order chi connectivity index (χ1) is 10.0. The van der Waals surface area contributed by atoms with E-state index in [1.54, 1.807) is 6.33 Å². The van der Waals surface area contributed by atoms with Crippen molar-refractivity contribution in [1.29, 1.82) is 0 Å². The van der Waals surface area contributed by atoms with Gasteiger partial charge in [0.05, 0.1) is 0 Å². The summed E-state index contributed by atoms with van der Waals surface area (Å²) in [5.74, 6) is 1.53. The summed E-state index contributed by atoms with van der Waals surface area (Å²) in [6.45, 7) is 7.28. The van der Waals surface area contributed by atoms with E-state index in [9.17, 15) is 0 Å². The van der Waals surface area contributed by atoms with Crippen LogP contribution in [0.3, 0.4) is 0 Å². The molecular formula is C16H23ClN4. The van der Waals surface area contributed by atoms with Crippen molar-refractivity contribution in [1.82, 2.24) is 20.1 Å². The number of hydrogen-bond acceptors (Lipinski definition) is 3. The Morgan fingerprint density at radius 1 is 1.33 bits per heavy atom. The lowest BCUT2D eigenvalue weighted by molar-refractivity contribution is 0.451. The minimum absolute atomic E-state index is 0.133. The second kappa shape index (κ2) is 7.05. The summed E-state index contributed by atoms with van der Waals surface area (Å²) in [5.41, 5.74) is 2.27. The van der Waals surface area contributed by atoms with Crippen LogP contribution in [-0.4, -0.2) is 21.8 Å². The summed E-state index contributed by atoms with van der Waals surface area (Å²) < 4.78 is 1.98. The first-order valence-corrected chi connectivity index (χ1v) is 7.69. The van der Waals surface area contributed by atoms with Crippen molar-refractivity contribution in [3.05, 3.63) is 46.5 Å². The molecule has 1 unspecified atom stereocenters. The van der Waals surface area contributed by atoms with Crippen LogP contribution in [0.5, 0.6) is 0 Å². The zero-order chi connectivity index (χ0) is 15.4. The maximum atomic E-state index is 6.38. The molecule has 2 rings (SSSR count). The molecule has 114 valence electrons. The number of benzene rings is 1. The van der Waals surface area contributed by atoms with Gasteiger partial charge in [0.1, 0.15) is 12.2 Å². The van der Waals surface area contributed by atoms with Gasteiger partial charge in [0.2, 0.25) is 0 Å². The Morgan fingerprint density at radius 2 is 2.10 bits per heavy atom. The average Bonchev–Trinajstić information content (AvgIpc) is 2.83. The molecule has 0 aliphatic rings. The largest absolute Gasteiger partial charge is 0.313 e. The number of halogens is 1. The normalized spacial score (nSPS) is 12.9. The summed E-state index contributed by atoms with van der Waals surface area (Å²) in [4.78, 5) is 4.40. The third-order valence-corrected chi connectivity index (χ3v) is 3.83. The van der Waals surface area contributed by atoms with Crippen LogP contribution in [0, 0.1) is 12.8 Å². The van der Waals surface area contributed by atoms with E-state index in [-0.39, 0.29) is 6.04 Å². The van der Waals surface area contributed by atoms with E-state index in [1.165, 1.54) is 5.56 Å². The van der Waals surface area contributed by atoms with Crippen molar-refractivity contribution in [3.63, 3.8) is 0 Å². The van der Waals surface area contributed by atoms with Crippen LogP contribution in [0.25, 0.3) is 0 Å². The summed E-state index contributed by atoms with van der Waals surface area (Å²) in [5, 5.41) is 8.45. The molecule has 0 saturated carbocycles. The van der Waals surface area contributed by atoms with Crippen LogP contribution in [0.15, 0.2) is 24.5 Å². The molecule has 21 heavy (non-hydrogen) atoms. The molecular weight excluding hydrogens is 284 g/mol. The Hall–Kier alpha value is -1.39. The smallest absolute Gasteiger partial charge is 0.138 e. The standard InChI is InChI=1S/C16H23ClN4/c1-11(2)9-21-16(19-10-20-21)8-15(18-4)13-6-5-12(3)7-14(13)17/h5-7,10-11,15,18H,8-9H2,1-4H3. The van der Waals surface area contributed by atoms with Gasteiger partial charge in [-0.3, -0.25) is 0 Å². The Bertz CT molecular complexity index is 592. The minimum atomic E-state index is 0.133. The van der Waals surface area contributed by atoms with Gasteiger partial charge in [0.15, 0.2) is 0 Å². The van der Waals surface area contributed by atoms with E-state index in [2.05, 4.69) is 41.4 Å². The third-order valence-electron chi connectivity index (χ3n) is 3.50. The Morgan fingerprint density at radius 3 is 2.71 bits per heavy atom. The van der Waals surface area contributed by atoms with Gasteiger partial charge in [0.25, 0.3) is 0 Å². The number of rotatable bonds is 6. The molecule has 1 aromatic carbocycles. The highest BCUT2D eigenvalue weighted by Crippen LogP contribution is 2.26. The summed E-state index contributed by atoms with van der Waals surface area (Å²) in [6.07, 6.45) is 2.40. The molecule has 4 nitrogen and oxygen atoms in total. The molecule has 0 fully saturated rings. The predicted octanol–water partition coefficient (Wildman–Crippen LogP) is 3.40. The second-order valence-electron chi connectivity index (χ2n) is 5.82. The number of nitrogens with one attached hydrogen (secondary N) is 1. The molecule has 1 N–H and O–H groups in total. The summed E-state index contributed by atoms with van der Waals surface area (Å²) >= 11 is 6.38. The first-order valence-electron chi connectivity index (χ1n) is 7.31. The lowest BCUT2D eigenvalue weighted by atomic mass is 10.0. The van der Waals surface area contributed by atoms with Crippen molar-refractivity contribution in [2.24, 2.45) is 5.92 Å². The Labute approximate surface area is 131 Å². The first kappa shape index (κ1) is 16.0. The van der Waals surface area contributed by atoms with Gasteiger partial charge in [-0.15, -0.1) is 0 Å². The van der Waals surface area contributed by atoms with Gasteiger partial charge in [-0.05, 0) is 37.1 Å². The van der Waals surface area contributed by atoms with E-state index in [0.29, 0.717) is 5.92 Å². The molecule has 0 aliphatic carbocycles. The van der Waals surface area contributed by atoms with E-state index >= 15 is 0 Å². The van der Waals surface area contributed by atoms with Gasteiger partial charge in [0, 0.05) is 24.0 Å². The van der Waals surface area contributed by atoms with E-state index in [4.69, 9.17) is 11.6 Å².